The first kappa shape index (κ1) is 19.7. The molecule has 1 aliphatic rings. The van der Waals surface area contributed by atoms with Gasteiger partial charge in [-0.15, -0.1) is 0 Å². The molecule has 0 spiro atoms. The summed E-state index contributed by atoms with van der Waals surface area (Å²) in [5.41, 5.74) is 6.39. The number of fused-ring (bicyclic) bond motifs is 1. The number of aromatic nitrogens is 2. The fourth-order valence-corrected chi connectivity index (χ4v) is 5.00. The van der Waals surface area contributed by atoms with Crippen molar-refractivity contribution in [2.24, 2.45) is 5.73 Å². The Hall–Kier alpha value is -2.04. The van der Waals surface area contributed by atoms with Crippen LogP contribution in [0.2, 0.25) is 0 Å². The van der Waals surface area contributed by atoms with Crippen molar-refractivity contribution in [2.45, 2.75) is 50.0 Å². The van der Waals surface area contributed by atoms with E-state index >= 15 is 0 Å². The summed E-state index contributed by atoms with van der Waals surface area (Å²) in [5.74, 6) is -0.166. The van der Waals surface area contributed by atoms with E-state index in [4.69, 9.17) is 10.3 Å². The highest BCUT2D eigenvalue weighted by Crippen LogP contribution is 2.27. The molecule has 3 heterocycles. The van der Waals surface area contributed by atoms with Crippen LogP contribution in [-0.4, -0.2) is 54.4 Å². The Kier molecular flexibility index (Phi) is 6.08. The number of pyridine rings is 1. The van der Waals surface area contributed by atoms with E-state index in [1.54, 1.807) is 6.07 Å². The number of nitrogens with two attached hydrogens (primary N) is 1. The Bertz CT molecular complexity index is 911. The van der Waals surface area contributed by atoms with Crippen molar-refractivity contribution in [1.29, 1.82) is 0 Å². The molecule has 1 amide bonds. The molecule has 27 heavy (non-hydrogen) atoms. The van der Waals surface area contributed by atoms with Crippen LogP contribution in [0, 0.1) is 0 Å². The van der Waals surface area contributed by atoms with Crippen LogP contribution in [0.15, 0.2) is 21.7 Å². The van der Waals surface area contributed by atoms with Crippen molar-refractivity contribution in [3.63, 3.8) is 0 Å². The second-order valence-electron chi connectivity index (χ2n) is 6.61. The number of hydrogen-bond acceptors (Lipinski definition) is 7. The number of hydrogen-bond donors (Lipinski definition) is 2. The maximum Gasteiger partial charge on any atom is 0.258 e. The Balaban J connectivity index is 1.85. The van der Waals surface area contributed by atoms with E-state index in [0.717, 1.165) is 12.8 Å². The highest BCUT2D eigenvalue weighted by molar-refractivity contribution is 7.89. The fraction of sp³-hybridized carbons (Fsp3) is 0.588. The third-order valence-corrected chi connectivity index (χ3v) is 6.72. The van der Waals surface area contributed by atoms with Crippen LogP contribution in [0.4, 0.5) is 0 Å². The molecule has 10 heteroatoms. The summed E-state index contributed by atoms with van der Waals surface area (Å²) >= 11 is 0. The molecule has 0 aromatic carbocycles. The third-order valence-electron chi connectivity index (χ3n) is 4.80. The number of aryl methyl sites for hydroxylation is 1. The fourth-order valence-electron chi connectivity index (χ4n) is 3.34. The molecular formula is C17H25N5O4S. The molecule has 0 aliphatic carbocycles. The van der Waals surface area contributed by atoms with Crippen molar-refractivity contribution < 1.29 is 17.7 Å². The average Bonchev–Trinajstić information content (AvgIpc) is 3.09. The molecule has 2 aromatic rings. The van der Waals surface area contributed by atoms with Gasteiger partial charge in [0.25, 0.3) is 5.71 Å². The van der Waals surface area contributed by atoms with E-state index < -0.39 is 10.0 Å². The lowest BCUT2D eigenvalue weighted by Crippen LogP contribution is -2.49. The molecule has 3 rings (SSSR count). The van der Waals surface area contributed by atoms with E-state index in [1.165, 1.54) is 10.5 Å². The summed E-state index contributed by atoms with van der Waals surface area (Å²) in [6.07, 6.45) is 4.57. The molecule has 0 bridgehead atoms. The van der Waals surface area contributed by atoms with Crippen LogP contribution in [0.25, 0.3) is 11.1 Å². The molecule has 148 valence electrons. The van der Waals surface area contributed by atoms with Gasteiger partial charge in [0.05, 0.1) is 17.3 Å². The average molecular weight is 395 g/mol. The number of carbonyl (C=O) groups is 1. The Morgan fingerprint density at radius 2 is 2.26 bits per heavy atom. The second kappa shape index (κ2) is 8.32. The Morgan fingerprint density at radius 3 is 3.00 bits per heavy atom. The van der Waals surface area contributed by atoms with Gasteiger partial charge in [0.2, 0.25) is 15.9 Å². The summed E-state index contributed by atoms with van der Waals surface area (Å²) in [6, 6.07) is 1.29. The minimum atomic E-state index is -3.74. The van der Waals surface area contributed by atoms with E-state index in [2.05, 4.69) is 15.5 Å². The monoisotopic (exact) mass is 395 g/mol. The van der Waals surface area contributed by atoms with Gasteiger partial charge in [0.15, 0.2) is 0 Å². The van der Waals surface area contributed by atoms with Crippen molar-refractivity contribution >= 4 is 27.0 Å². The first-order valence-electron chi connectivity index (χ1n) is 9.20. The first-order valence-corrected chi connectivity index (χ1v) is 10.6. The molecular weight excluding hydrogens is 370 g/mol. The highest BCUT2D eigenvalue weighted by Gasteiger charge is 2.34. The molecule has 9 nitrogen and oxygen atoms in total. The molecule has 1 fully saturated rings. The van der Waals surface area contributed by atoms with Crippen LogP contribution in [0.1, 0.15) is 38.3 Å². The molecule has 0 saturated carbocycles. The van der Waals surface area contributed by atoms with E-state index in [0.29, 0.717) is 36.2 Å². The third kappa shape index (κ3) is 4.12. The lowest BCUT2D eigenvalue weighted by atomic mass is 10.1. The van der Waals surface area contributed by atoms with E-state index in [9.17, 15) is 13.2 Å². The van der Waals surface area contributed by atoms with Crippen LogP contribution < -0.4 is 11.1 Å². The lowest BCUT2D eigenvalue weighted by molar-refractivity contribution is -0.121. The van der Waals surface area contributed by atoms with Crippen LogP contribution >= 0.6 is 0 Å². The molecule has 2 aromatic heterocycles. The number of piperidine rings is 1. The van der Waals surface area contributed by atoms with E-state index in [1.807, 2.05) is 6.92 Å². The zero-order chi connectivity index (χ0) is 19.4. The van der Waals surface area contributed by atoms with Gasteiger partial charge >= 0.3 is 0 Å². The molecule has 0 radical (unpaired) electrons. The summed E-state index contributed by atoms with van der Waals surface area (Å²) in [5, 5.41) is 7.33. The van der Waals surface area contributed by atoms with Gasteiger partial charge in [-0.05, 0) is 25.3 Å². The zero-order valence-corrected chi connectivity index (χ0v) is 16.2. The van der Waals surface area contributed by atoms with E-state index in [-0.39, 0.29) is 36.4 Å². The second-order valence-corrected chi connectivity index (χ2v) is 8.51. The number of rotatable bonds is 7. The van der Waals surface area contributed by atoms with Gasteiger partial charge in [0.1, 0.15) is 4.90 Å². The zero-order valence-electron chi connectivity index (χ0n) is 15.3. The molecule has 1 saturated heterocycles. The number of amides is 1. The standard InChI is InChI=1S/C17H25N5O4S/c1-2-15-14-9-13(11-20-17(14)26-21-15)27(24,25)22-8-4-3-5-12(22)10-19-16(23)6-7-18/h9,11-12H,2-8,10,18H2,1H3,(H,19,23). The van der Waals surface area contributed by atoms with Gasteiger partial charge in [-0.1, -0.05) is 18.5 Å². The predicted molar refractivity (Wildman–Crippen MR) is 99.4 cm³/mol. The molecule has 1 atom stereocenters. The van der Waals surface area contributed by atoms with Crippen molar-refractivity contribution in [1.82, 2.24) is 19.8 Å². The van der Waals surface area contributed by atoms with Gasteiger partial charge in [-0.2, -0.15) is 4.31 Å². The molecule has 3 N–H and O–H groups in total. The van der Waals surface area contributed by atoms with Crippen LogP contribution in [0.5, 0.6) is 0 Å². The predicted octanol–water partition coefficient (Wildman–Crippen LogP) is 0.793. The largest absolute Gasteiger partial charge is 0.354 e. The maximum absolute atomic E-state index is 13.2. The van der Waals surface area contributed by atoms with Crippen molar-refractivity contribution in [2.75, 3.05) is 19.6 Å². The normalized spacial score (nSPS) is 18.7. The van der Waals surface area contributed by atoms with Gasteiger partial charge in [-0.25, -0.2) is 13.4 Å². The number of nitrogens with one attached hydrogen (secondary N) is 1. The SMILES string of the molecule is CCc1noc2ncc(S(=O)(=O)N3CCCCC3CNC(=O)CCN)cc12. The minimum Gasteiger partial charge on any atom is -0.354 e. The number of carbonyl (C=O) groups excluding carboxylic acids is 1. The van der Waals surface area contributed by atoms with Gasteiger partial charge in [0, 0.05) is 32.1 Å². The summed E-state index contributed by atoms with van der Waals surface area (Å²) in [6.45, 7) is 2.88. The Morgan fingerprint density at radius 1 is 1.44 bits per heavy atom. The first-order chi connectivity index (χ1) is 13.0. The van der Waals surface area contributed by atoms with Gasteiger partial charge in [-0.3, -0.25) is 4.79 Å². The lowest BCUT2D eigenvalue weighted by Gasteiger charge is -2.34. The molecule has 1 unspecified atom stereocenters. The highest BCUT2D eigenvalue weighted by atomic mass is 32.2. The summed E-state index contributed by atoms with van der Waals surface area (Å²) in [4.78, 5) is 15.9. The summed E-state index contributed by atoms with van der Waals surface area (Å²) in [7, 11) is -3.74. The van der Waals surface area contributed by atoms with Gasteiger partial charge < -0.3 is 15.6 Å². The summed E-state index contributed by atoms with van der Waals surface area (Å²) < 4.78 is 33.1. The number of sulfonamides is 1. The topological polar surface area (TPSA) is 131 Å². The van der Waals surface area contributed by atoms with Crippen molar-refractivity contribution in [3.8, 4) is 0 Å². The number of nitrogens with zero attached hydrogens (tertiary/aromatic N) is 3. The van der Waals surface area contributed by atoms with Crippen LogP contribution in [-0.2, 0) is 21.2 Å². The minimum absolute atomic E-state index is 0.119. The quantitative estimate of drug-likeness (QED) is 0.708. The van der Waals surface area contributed by atoms with Crippen LogP contribution in [0.3, 0.4) is 0 Å². The molecule has 1 aliphatic heterocycles. The van der Waals surface area contributed by atoms with Crippen molar-refractivity contribution in [3.05, 3.63) is 18.0 Å². The maximum atomic E-state index is 13.2. The smallest absolute Gasteiger partial charge is 0.258 e. The Labute approximate surface area is 158 Å².